The number of rotatable bonds is 2. The van der Waals surface area contributed by atoms with Crippen molar-refractivity contribution < 1.29 is 4.42 Å². The van der Waals surface area contributed by atoms with Gasteiger partial charge in [0.2, 0.25) is 0 Å². The summed E-state index contributed by atoms with van der Waals surface area (Å²) in [6, 6.07) is 2.02. The molecule has 0 aliphatic rings. The van der Waals surface area contributed by atoms with E-state index in [0.29, 0.717) is 5.92 Å². The van der Waals surface area contributed by atoms with Gasteiger partial charge in [-0.3, -0.25) is 0 Å². The van der Waals surface area contributed by atoms with Crippen LogP contribution in [0.2, 0.25) is 0 Å². The second kappa shape index (κ2) is 3.53. The van der Waals surface area contributed by atoms with Crippen molar-refractivity contribution >= 4 is 11.6 Å². The van der Waals surface area contributed by atoms with Gasteiger partial charge in [-0.15, -0.1) is 11.6 Å². The molecule has 2 heteroatoms. The first-order valence-corrected chi connectivity index (χ1v) is 4.67. The predicted octanol–water partition coefficient (Wildman–Crippen LogP) is 3.83. The van der Waals surface area contributed by atoms with Crippen molar-refractivity contribution in [3.63, 3.8) is 0 Å². The SMILES string of the molecule is Cc1cc(C(Cl)C(C)C)c(C)o1. The third kappa shape index (κ3) is 1.84. The lowest BCUT2D eigenvalue weighted by atomic mass is 10.0. The molecule has 0 radical (unpaired) electrons. The minimum absolute atomic E-state index is 0.0717. The molecule has 1 heterocycles. The molecular weight excluding hydrogens is 172 g/mol. The quantitative estimate of drug-likeness (QED) is 0.640. The van der Waals surface area contributed by atoms with Gasteiger partial charge in [0.15, 0.2) is 0 Å². The number of hydrogen-bond donors (Lipinski definition) is 0. The molecule has 0 fully saturated rings. The van der Waals surface area contributed by atoms with E-state index < -0.39 is 0 Å². The van der Waals surface area contributed by atoms with E-state index >= 15 is 0 Å². The monoisotopic (exact) mass is 186 g/mol. The molecule has 1 atom stereocenters. The molecule has 1 unspecified atom stereocenters. The van der Waals surface area contributed by atoms with Crippen molar-refractivity contribution in [2.24, 2.45) is 5.92 Å². The van der Waals surface area contributed by atoms with Gasteiger partial charge in [0.05, 0.1) is 5.38 Å². The summed E-state index contributed by atoms with van der Waals surface area (Å²) in [6.07, 6.45) is 0. The molecular formula is C10H15ClO. The van der Waals surface area contributed by atoms with Crippen molar-refractivity contribution in [3.8, 4) is 0 Å². The summed E-state index contributed by atoms with van der Waals surface area (Å²) in [4.78, 5) is 0. The second-order valence-electron chi connectivity index (χ2n) is 3.51. The highest BCUT2D eigenvalue weighted by Gasteiger charge is 2.17. The molecule has 0 amide bonds. The van der Waals surface area contributed by atoms with Gasteiger partial charge in [-0.2, -0.15) is 0 Å². The zero-order valence-corrected chi connectivity index (χ0v) is 8.77. The van der Waals surface area contributed by atoms with Crippen LogP contribution in [0.3, 0.4) is 0 Å². The summed E-state index contributed by atoms with van der Waals surface area (Å²) < 4.78 is 5.40. The molecule has 0 spiro atoms. The summed E-state index contributed by atoms with van der Waals surface area (Å²) in [5, 5.41) is 0.0717. The molecule has 0 saturated carbocycles. The van der Waals surface area contributed by atoms with Gasteiger partial charge in [-0.1, -0.05) is 13.8 Å². The maximum Gasteiger partial charge on any atom is 0.105 e. The fourth-order valence-corrected chi connectivity index (χ4v) is 1.50. The maximum absolute atomic E-state index is 6.20. The highest BCUT2D eigenvalue weighted by atomic mass is 35.5. The zero-order valence-electron chi connectivity index (χ0n) is 8.02. The van der Waals surface area contributed by atoms with Crippen LogP contribution in [-0.2, 0) is 0 Å². The summed E-state index contributed by atoms with van der Waals surface area (Å²) in [6.45, 7) is 8.12. The van der Waals surface area contributed by atoms with E-state index in [9.17, 15) is 0 Å². The molecule has 0 saturated heterocycles. The smallest absolute Gasteiger partial charge is 0.105 e. The van der Waals surface area contributed by atoms with Gasteiger partial charge in [0, 0.05) is 5.56 Å². The van der Waals surface area contributed by atoms with Crippen molar-refractivity contribution in [1.29, 1.82) is 0 Å². The lowest BCUT2D eigenvalue weighted by Crippen LogP contribution is -1.98. The van der Waals surface area contributed by atoms with Crippen LogP contribution in [0.25, 0.3) is 0 Å². The molecule has 1 nitrogen and oxygen atoms in total. The van der Waals surface area contributed by atoms with Crippen molar-refractivity contribution in [3.05, 3.63) is 23.2 Å². The van der Waals surface area contributed by atoms with Gasteiger partial charge in [-0.25, -0.2) is 0 Å². The fourth-order valence-electron chi connectivity index (χ4n) is 1.28. The Morgan fingerprint density at radius 1 is 1.33 bits per heavy atom. The molecule has 0 aromatic carbocycles. The lowest BCUT2D eigenvalue weighted by Gasteiger charge is -2.11. The Morgan fingerprint density at radius 2 is 1.92 bits per heavy atom. The molecule has 68 valence electrons. The Kier molecular flexibility index (Phi) is 2.84. The third-order valence-corrected chi connectivity index (χ3v) is 2.70. The molecule has 1 aromatic heterocycles. The summed E-state index contributed by atoms with van der Waals surface area (Å²) >= 11 is 6.20. The molecule has 1 aromatic rings. The largest absolute Gasteiger partial charge is 0.466 e. The van der Waals surface area contributed by atoms with Gasteiger partial charge < -0.3 is 4.42 Å². The first-order chi connectivity index (χ1) is 5.52. The average Bonchev–Trinajstić information content (AvgIpc) is 2.28. The van der Waals surface area contributed by atoms with Crippen LogP contribution in [-0.4, -0.2) is 0 Å². The van der Waals surface area contributed by atoms with E-state index in [1.54, 1.807) is 0 Å². The molecule has 0 bridgehead atoms. The Hall–Kier alpha value is -0.430. The van der Waals surface area contributed by atoms with E-state index in [2.05, 4.69) is 13.8 Å². The molecule has 0 aliphatic carbocycles. The number of furan rings is 1. The van der Waals surface area contributed by atoms with E-state index in [-0.39, 0.29) is 5.38 Å². The summed E-state index contributed by atoms with van der Waals surface area (Å²) in [5.74, 6) is 2.33. The van der Waals surface area contributed by atoms with Crippen molar-refractivity contribution in [1.82, 2.24) is 0 Å². The van der Waals surface area contributed by atoms with Crippen LogP contribution in [0.15, 0.2) is 10.5 Å². The molecule has 12 heavy (non-hydrogen) atoms. The Balaban J connectivity index is 2.94. The van der Waals surface area contributed by atoms with Gasteiger partial charge in [0.1, 0.15) is 11.5 Å². The minimum Gasteiger partial charge on any atom is -0.466 e. The first kappa shape index (κ1) is 9.66. The maximum atomic E-state index is 6.20. The van der Waals surface area contributed by atoms with Crippen LogP contribution in [0, 0.1) is 19.8 Å². The molecule has 1 rings (SSSR count). The average molecular weight is 187 g/mol. The molecule has 0 N–H and O–H groups in total. The van der Waals surface area contributed by atoms with E-state index in [1.807, 2.05) is 19.9 Å². The second-order valence-corrected chi connectivity index (χ2v) is 3.98. The van der Waals surface area contributed by atoms with Crippen LogP contribution in [0.1, 0.15) is 36.3 Å². The minimum atomic E-state index is 0.0717. The number of alkyl halides is 1. The Morgan fingerprint density at radius 3 is 2.25 bits per heavy atom. The van der Waals surface area contributed by atoms with Crippen LogP contribution in [0.4, 0.5) is 0 Å². The third-order valence-electron chi connectivity index (χ3n) is 1.96. The van der Waals surface area contributed by atoms with Gasteiger partial charge >= 0.3 is 0 Å². The Bertz CT molecular complexity index is 263. The number of halogens is 1. The highest BCUT2D eigenvalue weighted by Crippen LogP contribution is 2.32. The normalized spacial score (nSPS) is 13.8. The van der Waals surface area contributed by atoms with Gasteiger partial charge in [-0.05, 0) is 25.8 Å². The van der Waals surface area contributed by atoms with Crippen LogP contribution >= 0.6 is 11.6 Å². The predicted molar refractivity (Wildman–Crippen MR) is 51.6 cm³/mol. The lowest BCUT2D eigenvalue weighted by molar-refractivity contribution is 0.496. The standard InChI is InChI=1S/C10H15ClO/c1-6(2)10(11)9-5-7(3)12-8(9)4/h5-6,10H,1-4H3. The first-order valence-electron chi connectivity index (χ1n) is 4.23. The number of hydrogen-bond acceptors (Lipinski definition) is 1. The fraction of sp³-hybridized carbons (Fsp3) is 0.600. The van der Waals surface area contributed by atoms with Crippen molar-refractivity contribution in [2.45, 2.75) is 33.1 Å². The zero-order chi connectivity index (χ0) is 9.30. The molecule has 0 aliphatic heterocycles. The van der Waals surface area contributed by atoms with Gasteiger partial charge in [0.25, 0.3) is 0 Å². The summed E-state index contributed by atoms with van der Waals surface area (Å²) in [7, 11) is 0. The van der Waals surface area contributed by atoms with E-state index in [4.69, 9.17) is 16.0 Å². The van der Waals surface area contributed by atoms with Crippen LogP contribution in [0.5, 0.6) is 0 Å². The van der Waals surface area contributed by atoms with E-state index in [0.717, 1.165) is 17.1 Å². The summed E-state index contributed by atoms with van der Waals surface area (Å²) in [5.41, 5.74) is 1.13. The van der Waals surface area contributed by atoms with Crippen LogP contribution < -0.4 is 0 Å². The topological polar surface area (TPSA) is 13.1 Å². The highest BCUT2D eigenvalue weighted by molar-refractivity contribution is 6.21. The van der Waals surface area contributed by atoms with Crippen molar-refractivity contribution in [2.75, 3.05) is 0 Å². The number of aryl methyl sites for hydroxylation is 2. The van der Waals surface area contributed by atoms with E-state index in [1.165, 1.54) is 0 Å². The Labute approximate surface area is 78.7 Å².